The molecule has 1 aromatic rings. The third-order valence-corrected chi connectivity index (χ3v) is 2.24. The van der Waals surface area contributed by atoms with E-state index < -0.39 is 0 Å². The Labute approximate surface area is 104 Å². The molecule has 16 heavy (non-hydrogen) atoms. The second-order valence-corrected chi connectivity index (χ2v) is 4.21. The van der Waals surface area contributed by atoms with Crippen LogP contribution in [0.1, 0.15) is 38.8 Å². The summed E-state index contributed by atoms with van der Waals surface area (Å²) >= 11 is 0. The summed E-state index contributed by atoms with van der Waals surface area (Å²) in [4.78, 5) is 7.00. The van der Waals surface area contributed by atoms with Crippen molar-refractivity contribution < 1.29 is 0 Å². The molecule has 0 fully saturated rings. The SMILES string of the molecule is CC(C)/C=C/CCCCc1cnc(N)[nH]1.Cl. The summed E-state index contributed by atoms with van der Waals surface area (Å²) in [6, 6.07) is 0. The lowest BCUT2D eigenvalue weighted by Crippen LogP contribution is -1.88. The second-order valence-electron chi connectivity index (χ2n) is 4.21. The minimum Gasteiger partial charge on any atom is -0.369 e. The van der Waals surface area contributed by atoms with Crippen molar-refractivity contribution >= 4 is 18.4 Å². The highest BCUT2D eigenvalue weighted by Crippen LogP contribution is 2.06. The molecule has 0 saturated heterocycles. The normalized spacial score (nSPS) is 10.9. The predicted molar refractivity (Wildman–Crippen MR) is 71.8 cm³/mol. The smallest absolute Gasteiger partial charge is 0.197 e. The van der Waals surface area contributed by atoms with Crippen molar-refractivity contribution in [2.24, 2.45) is 5.92 Å². The number of nitrogen functional groups attached to an aromatic ring is 1. The highest BCUT2D eigenvalue weighted by molar-refractivity contribution is 5.85. The molecular weight excluding hydrogens is 222 g/mol. The van der Waals surface area contributed by atoms with Crippen molar-refractivity contribution in [2.75, 3.05) is 5.73 Å². The summed E-state index contributed by atoms with van der Waals surface area (Å²) in [5.74, 6) is 1.18. The van der Waals surface area contributed by atoms with Gasteiger partial charge in [-0.15, -0.1) is 12.4 Å². The van der Waals surface area contributed by atoms with Crippen molar-refractivity contribution in [1.29, 1.82) is 0 Å². The molecule has 0 radical (unpaired) electrons. The maximum absolute atomic E-state index is 5.49. The fraction of sp³-hybridized carbons (Fsp3) is 0.583. The van der Waals surface area contributed by atoms with Crippen LogP contribution in [0.3, 0.4) is 0 Å². The number of unbranched alkanes of at least 4 members (excludes halogenated alkanes) is 2. The number of H-pyrrole nitrogens is 1. The molecule has 1 rings (SSSR count). The largest absolute Gasteiger partial charge is 0.369 e. The number of allylic oxidation sites excluding steroid dienone is 2. The number of hydrogen-bond donors (Lipinski definition) is 2. The monoisotopic (exact) mass is 243 g/mol. The Balaban J connectivity index is 0.00000225. The number of halogens is 1. The van der Waals surface area contributed by atoms with E-state index >= 15 is 0 Å². The summed E-state index contributed by atoms with van der Waals surface area (Å²) in [5.41, 5.74) is 6.63. The molecule has 3 nitrogen and oxygen atoms in total. The minimum atomic E-state index is 0. The first-order chi connectivity index (χ1) is 7.18. The predicted octanol–water partition coefficient (Wildman–Crippen LogP) is 3.34. The Kier molecular flexibility index (Phi) is 7.73. The third kappa shape index (κ3) is 6.51. The maximum atomic E-state index is 5.49. The van der Waals surface area contributed by atoms with Crippen LogP contribution in [-0.2, 0) is 6.42 Å². The minimum absolute atomic E-state index is 0. The van der Waals surface area contributed by atoms with Crippen LogP contribution in [0.15, 0.2) is 18.3 Å². The van der Waals surface area contributed by atoms with Crippen molar-refractivity contribution in [3.63, 3.8) is 0 Å². The lowest BCUT2D eigenvalue weighted by molar-refractivity contribution is 0.731. The number of hydrogen-bond acceptors (Lipinski definition) is 2. The Morgan fingerprint density at radius 3 is 2.75 bits per heavy atom. The average Bonchev–Trinajstić information content (AvgIpc) is 2.57. The van der Waals surface area contributed by atoms with Gasteiger partial charge in [0.25, 0.3) is 0 Å². The van der Waals surface area contributed by atoms with Gasteiger partial charge < -0.3 is 10.7 Å². The number of aromatic nitrogens is 2. The molecule has 1 heterocycles. The van der Waals surface area contributed by atoms with Gasteiger partial charge in [-0.25, -0.2) is 4.98 Å². The molecule has 92 valence electrons. The van der Waals surface area contributed by atoms with Gasteiger partial charge in [-0.1, -0.05) is 26.0 Å². The van der Waals surface area contributed by atoms with Crippen LogP contribution in [0.4, 0.5) is 5.95 Å². The zero-order valence-corrected chi connectivity index (χ0v) is 10.9. The van der Waals surface area contributed by atoms with Crippen LogP contribution in [0.2, 0.25) is 0 Å². The molecule has 0 atom stereocenters. The van der Waals surface area contributed by atoms with E-state index in [9.17, 15) is 0 Å². The molecule has 0 spiro atoms. The van der Waals surface area contributed by atoms with Crippen LogP contribution in [0.5, 0.6) is 0 Å². The number of aromatic amines is 1. The van der Waals surface area contributed by atoms with Gasteiger partial charge in [-0.3, -0.25) is 0 Å². The van der Waals surface area contributed by atoms with Crippen LogP contribution in [-0.4, -0.2) is 9.97 Å². The summed E-state index contributed by atoms with van der Waals surface area (Å²) < 4.78 is 0. The quantitative estimate of drug-likeness (QED) is 0.595. The van der Waals surface area contributed by atoms with Gasteiger partial charge in [0.1, 0.15) is 0 Å². The summed E-state index contributed by atoms with van der Waals surface area (Å²) in [6.45, 7) is 4.40. The highest BCUT2D eigenvalue weighted by atomic mass is 35.5. The number of nitrogens with two attached hydrogens (primary N) is 1. The van der Waals surface area contributed by atoms with E-state index in [1.807, 2.05) is 6.20 Å². The van der Waals surface area contributed by atoms with Gasteiger partial charge >= 0.3 is 0 Å². The number of anilines is 1. The number of rotatable bonds is 6. The van der Waals surface area contributed by atoms with Gasteiger partial charge in [0.05, 0.1) is 6.20 Å². The van der Waals surface area contributed by atoms with Crippen molar-refractivity contribution in [3.8, 4) is 0 Å². The van der Waals surface area contributed by atoms with E-state index in [-0.39, 0.29) is 12.4 Å². The molecule has 0 unspecified atom stereocenters. The van der Waals surface area contributed by atoms with Gasteiger partial charge in [-0.05, 0) is 31.6 Å². The van der Waals surface area contributed by atoms with E-state index in [0.29, 0.717) is 11.9 Å². The lowest BCUT2D eigenvalue weighted by Gasteiger charge is -1.97. The summed E-state index contributed by atoms with van der Waals surface area (Å²) in [7, 11) is 0. The van der Waals surface area contributed by atoms with E-state index in [0.717, 1.165) is 12.1 Å². The molecule has 0 aliphatic heterocycles. The summed E-state index contributed by atoms with van der Waals surface area (Å²) in [6.07, 6.45) is 11.0. The first kappa shape index (κ1) is 15.0. The number of imidazole rings is 1. The fourth-order valence-electron chi connectivity index (χ4n) is 1.45. The van der Waals surface area contributed by atoms with E-state index in [4.69, 9.17) is 5.73 Å². The first-order valence-electron chi connectivity index (χ1n) is 5.64. The first-order valence-corrected chi connectivity index (χ1v) is 5.64. The van der Waals surface area contributed by atoms with Gasteiger partial charge in [0.2, 0.25) is 0 Å². The number of nitrogens with zero attached hydrogens (tertiary/aromatic N) is 1. The van der Waals surface area contributed by atoms with Crippen LogP contribution in [0, 0.1) is 5.92 Å². The van der Waals surface area contributed by atoms with Crippen LogP contribution >= 0.6 is 12.4 Å². The number of aryl methyl sites for hydroxylation is 1. The van der Waals surface area contributed by atoms with Crippen LogP contribution in [0.25, 0.3) is 0 Å². The zero-order valence-electron chi connectivity index (χ0n) is 10.1. The van der Waals surface area contributed by atoms with Crippen molar-refractivity contribution in [3.05, 3.63) is 24.0 Å². The number of nitrogens with one attached hydrogen (secondary N) is 1. The zero-order chi connectivity index (χ0) is 11.1. The second kappa shape index (κ2) is 8.22. The average molecular weight is 244 g/mol. The van der Waals surface area contributed by atoms with Crippen molar-refractivity contribution in [2.45, 2.75) is 39.5 Å². The topological polar surface area (TPSA) is 54.7 Å². The Morgan fingerprint density at radius 1 is 1.44 bits per heavy atom. The molecule has 4 heteroatoms. The van der Waals surface area contributed by atoms with Crippen molar-refractivity contribution in [1.82, 2.24) is 9.97 Å². The molecule has 0 aliphatic carbocycles. The van der Waals surface area contributed by atoms with E-state index in [1.54, 1.807) is 0 Å². The molecule has 0 saturated carbocycles. The lowest BCUT2D eigenvalue weighted by atomic mass is 10.1. The fourth-order valence-corrected chi connectivity index (χ4v) is 1.45. The standard InChI is InChI=1S/C12H21N3.ClH/c1-10(2)7-5-3-4-6-8-11-9-14-12(13)15-11;/h5,7,9-10H,3-4,6,8H2,1-2H3,(H3,13,14,15);1H/b7-5+;. The van der Waals surface area contributed by atoms with E-state index in [2.05, 4.69) is 36.0 Å². The highest BCUT2D eigenvalue weighted by Gasteiger charge is 1.96. The molecule has 0 aromatic carbocycles. The molecule has 3 N–H and O–H groups in total. The molecule has 0 aliphatic rings. The van der Waals surface area contributed by atoms with Gasteiger partial charge in [0.15, 0.2) is 5.95 Å². The molecule has 1 aromatic heterocycles. The Morgan fingerprint density at radius 2 is 2.19 bits per heavy atom. The van der Waals surface area contributed by atoms with Gasteiger partial charge in [-0.2, -0.15) is 0 Å². The summed E-state index contributed by atoms with van der Waals surface area (Å²) in [5, 5.41) is 0. The molecular formula is C12H22ClN3. The van der Waals surface area contributed by atoms with E-state index in [1.165, 1.54) is 19.3 Å². The molecule has 0 bridgehead atoms. The Bertz CT molecular complexity index is 305. The maximum Gasteiger partial charge on any atom is 0.197 e. The van der Waals surface area contributed by atoms with Gasteiger partial charge in [0, 0.05) is 5.69 Å². The van der Waals surface area contributed by atoms with Crippen LogP contribution < -0.4 is 5.73 Å². The Hall–Kier alpha value is -0.960. The third-order valence-electron chi connectivity index (χ3n) is 2.24. The molecule has 0 amide bonds.